The molecule has 0 saturated carbocycles. The molecule has 1 unspecified atom stereocenters. The third-order valence-corrected chi connectivity index (χ3v) is 2.95. The Morgan fingerprint density at radius 3 is 2.86 bits per heavy atom. The molecule has 76 valence electrons. The Kier molecular flexibility index (Phi) is 3.29. The molecule has 0 amide bonds. The molecule has 1 aliphatic carbocycles. The summed E-state index contributed by atoms with van der Waals surface area (Å²) in [6.45, 7) is 0.200. The molecule has 0 spiro atoms. The predicted octanol–water partition coefficient (Wildman–Crippen LogP) is 1.44. The van der Waals surface area contributed by atoms with E-state index < -0.39 is 15.4 Å². The van der Waals surface area contributed by atoms with E-state index in [4.69, 9.17) is 10.1 Å². The van der Waals surface area contributed by atoms with Crippen molar-refractivity contribution >= 4 is 10.1 Å². The van der Waals surface area contributed by atoms with E-state index in [1.54, 1.807) is 6.08 Å². The molecule has 0 aromatic heterocycles. The maximum Gasteiger partial charge on any atom is 0.271 e. The molecule has 0 heterocycles. The topological polar surface area (TPSA) is 103 Å². The summed E-state index contributed by atoms with van der Waals surface area (Å²) in [5.41, 5.74) is 8.80. The highest BCUT2D eigenvalue weighted by Crippen LogP contribution is 2.16. The Bertz CT molecular complexity index is 417. The van der Waals surface area contributed by atoms with Crippen molar-refractivity contribution in [2.75, 3.05) is 6.54 Å². The number of azide groups is 1. The van der Waals surface area contributed by atoms with Gasteiger partial charge in [0.15, 0.2) is 0 Å². The summed E-state index contributed by atoms with van der Waals surface area (Å²) in [6, 6.07) is 0. The predicted molar refractivity (Wildman–Crippen MR) is 51.2 cm³/mol. The summed E-state index contributed by atoms with van der Waals surface area (Å²) < 4.78 is 30.1. The van der Waals surface area contributed by atoms with Crippen LogP contribution in [0.2, 0.25) is 0 Å². The van der Waals surface area contributed by atoms with Crippen LogP contribution >= 0.6 is 0 Å². The lowest BCUT2D eigenvalue weighted by atomic mass is 10.1. The van der Waals surface area contributed by atoms with Crippen LogP contribution in [0.25, 0.3) is 10.4 Å². The number of nitrogens with zero attached hydrogens (tertiary/aromatic N) is 3. The summed E-state index contributed by atoms with van der Waals surface area (Å²) in [6.07, 6.45) is 4.77. The van der Waals surface area contributed by atoms with Crippen LogP contribution in [0.1, 0.15) is 6.42 Å². The third kappa shape index (κ3) is 2.88. The molecule has 0 aromatic carbocycles. The van der Waals surface area contributed by atoms with Crippen LogP contribution in [0.15, 0.2) is 28.9 Å². The standard InChI is InChI=1S/C7H9N3O3S/c8-10-9-5-6-1-3-7(4-2-6)14(11,12)13/h1-3,7H,4-5H2,(H,11,12,13). The SMILES string of the molecule is [N-]=[N+]=NCC1=CCC(S(=O)(=O)O)C=C1. The zero-order chi connectivity index (χ0) is 10.6. The van der Waals surface area contributed by atoms with Crippen molar-refractivity contribution in [1.29, 1.82) is 0 Å². The molecule has 1 atom stereocenters. The second-order valence-corrected chi connectivity index (χ2v) is 4.45. The Morgan fingerprint density at radius 1 is 1.71 bits per heavy atom. The van der Waals surface area contributed by atoms with Crippen LogP contribution < -0.4 is 0 Å². The highest BCUT2D eigenvalue weighted by molar-refractivity contribution is 7.86. The Labute approximate surface area is 81.3 Å². The van der Waals surface area contributed by atoms with Crippen LogP contribution in [0.4, 0.5) is 0 Å². The van der Waals surface area contributed by atoms with Crippen LogP contribution in [0.3, 0.4) is 0 Å². The van der Waals surface area contributed by atoms with Crippen LogP contribution in [0, 0.1) is 0 Å². The smallest absolute Gasteiger partial charge is 0.271 e. The van der Waals surface area contributed by atoms with Gasteiger partial charge in [-0.15, -0.1) is 0 Å². The lowest BCUT2D eigenvalue weighted by Crippen LogP contribution is -2.19. The number of rotatable bonds is 3. The highest BCUT2D eigenvalue weighted by Gasteiger charge is 2.20. The molecule has 1 rings (SSSR count). The van der Waals surface area contributed by atoms with Crippen LogP contribution in [-0.2, 0) is 10.1 Å². The van der Waals surface area contributed by atoms with Gasteiger partial charge < -0.3 is 0 Å². The maximum atomic E-state index is 10.7. The first kappa shape index (κ1) is 10.8. The molecule has 0 aliphatic heterocycles. The Balaban J connectivity index is 2.66. The molecule has 14 heavy (non-hydrogen) atoms. The minimum absolute atomic E-state index is 0.200. The highest BCUT2D eigenvalue weighted by atomic mass is 32.2. The van der Waals surface area contributed by atoms with Gasteiger partial charge in [0.25, 0.3) is 10.1 Å². The van der Waals surface area contributed by atoms with E-state index in [0.29, 0.717) is 0 Å². The van der Waals surface area contributed by atoms with Crippen LogP contribution in [0.5, 0.6) is 0 Å². The molecule has 0 saturated heterocycles. The number of hydrogen-bond donors (Lipinski definition) is 1. The minimum atomic E-state index is -4.00. The van der Waals surface area contributed by atoms with Gasteiger partial charge in [0, 0.05) is 4.91 Å². The molecule has 6 nitrogen and oxygen atoms in total. The molecule has 1 N–H and O–H groups in total. The second kappa shape index (κ2) is 4.28. The number of allylic oxidation sites excluding steroid dienone is 1. The summed E-state index contributed by atoms with van der Waals surface area (Å²) in [7, 11) is -4.00. The second-order valence-electron chi connectivity index (χ2n) is 2.82. The van der Waals surface area contributed by atoms with E-state index in [-0.39, 0.29) is 13.0 Å². The van der Waals surface area contributed by atoms with Crippen molar-refractivity contribution in [1.82, 2.24) is 0 Å². The van der Waals surface area contributed by atoms with Gasteiger partial charge in [0.2, 0.25) is 0 Å². The molecule has 0 fully saturated rings. The first-order valence-corrected chi connectivity index (χ1v) is 5.39. The number of hydrogen-bond acceptors (Lipinski definition) is 3. The largest absolute Gasteiger partial charge is 0.285 e. The molecule has 0 bridgehead atoms. The zero-order valence-electron chi connectivity index (χ0n) is 7.24. The van der Waals surface area contributed by atoms with Gasteiger partial charge >= 0.3 is 0 Å². The Morgan fingerprint density at radius 2 is 2.43 bits per heavy atom. The summed E-state index contributed by atoms with van der Waals surface area (Å²) in [5, 5.41) is 2.45. The summed E-state index contributed by atoms with van der Waals surface area (Å²) in [4.78, 5) is 2.58. The maximum absolute atomic E-state index is 10.7. The summed E-state index contributed by atoms with van der Waals surface area (Å²) >= 11 is 0. The fourth-order valence-corrected chi connectivity index (χ4v) is 1.71. The molecular formula is C7H9N3O3S. The first-order valence-electron chi connectivity index (χ1n) is 3.88. The van der Waals surface area contributed by atoms with E-state index in [0.717, 1.165) is 5.57 Å². The van der Waals surface area contributed by atoms with Gasteiger partial charge in [-0.2, -0.15) is 8.42 Å². The molecular weight excluding hydrogens is 206 g/mol. The van der Waals surface area contributed by atoms with E-state index in [1.165, 1.54) is 12.2 Å². The monoisotopic (exact) mass is 215 g/mol. The molecule has 7 heteroatoms. The molecule has 1 aliphatic rings. The average Bonchev–Trinajstić information content (AvgIpc) is 2.14. The van der Waals surface area contributed by atoms with Crippen molar-refractivity contribution in [2.45, 2.75) is 11.7 Å². The van der Waals surface area contributed by atoms with E-state index in [1.807, 2.05) is 0 Å². The normalized spacial score (nSPS) is 21.2. The fourth-order valence-electron chi connectivity index (χ4n) is 1.10. The van der Waals surface area contributed by atoms with E-state index >= 15 is 0 Å². The first-order chi connectivity index (χ1) is 6.54. The molecule has 0 radical (unpaired) electrons. The van der Waals surface area contributed by atoms with Gasteiger partial charge in [-0.3, -0.25) is 4.55 Å². The van der Waals surface area contributed by atoms with Gasteiger partial charge in [0.05, 0.1) is 6.54 Å². The van der Waals surface area contributed by atoms with E-state index in [2.05, 4.69) is 10.0 Å². The zero-order valence-corrected chi connectivity index (χ0v) is 8.05. The quantitative estimate of drug-likeness (QED) is 0.333. The minimum Gasteiger partial charge on any atom is -0.285 e. The third-order valence-electron chi connectivity index (χ3n) is 1.84. The Hall–Kier alpha value is -1.30. The van der Waals surface area contributed by atoms with Gasteiger partial charge in [-0.05, 0) is 17.5 Å². The van der Waals surface area contributed by atoms with Crippen molar-refractivity contribution in [3.8, 4) is 0 Å². The van der Waals surface area contributed by atoms with Gasteiger partial charge in [-0.25, -0.2) is 0 Å². The van der Waals surface area contributed by atoms with Gasteiger partial charge in [-0.1, -0.05) is 23.3 Å². The average molecular weight is 215 g/mol. The summed E-state index contributed by atoms with van der Waals surface area (Å²) in [5.74, 6) is 0. The molecule has 0 aromatic rings. The lowest BCUT2D eigenvalue weighted by molar-refractivity contribution is 0.474. The van der Waals surface area contributed by atoms with Crippen LogP contribution in [-0.4, -0.2) is 24.8 Å². The lowest BCUT2D eigenvalue weighted by Gasteiger charge is -2.11. The van der Waals surface area contributed by atoms with Crippen molar-refractivity contribution < 1.29 is 13.0 Å². The van der Waals surface area contributed by atoms with Crippen molar-refractivity contribution in [3.63, 3.8) is 0 Å². The fraction of sp³-hybridized carbons (Fsp3) is 0.429. The van der Waals surface area contributed by atoms with Gasteiger partial charge in [0.1, 0.15) is 5.25 Å². The van der Waals surface area contributed by atoms with Crippen molar-refractivity contribution in [2.24, 2.45) is 5.11 Å². The van der Waals surface area contributed by atoms with Crippen molar-refractivity contribution in [3.05, 3.63) is 34.2 Å². The van der Waals surface area contributed by atoms with E-state index in [9.17, 15) is 8.42 Å².